The molecule has 0 aromatic carbocycles. The summed E-state index contributed by atoms with van der Waals surface area (Å²) in [6.07, 6.45) is 21.5. The molecule has 0 aromatic rings. The first kappa shape index (κ1) is 29.1. The predicted octanol–water partition coefficient (Wildman–Crippen LogP) is 7.45. The molecule has 0 heterocycles. The first-order valence-electron chi connectivity index (χ1n) is 17.2. The zero-order valence-corrected chi connectivity index (χ0v) is 25.6. The van der Waals surface area contributed by atoms with Crippen LogP contribution in [0.25, 0.3) is 0 Å². The van der Waals surface area contributed by atoms with Gasteiger partial charge in [-0.1, -0.05) is 38.7 Å². The van der Waals surface area contributed by atoms with Crippen molar-refractivity contribution in [1.82, 2.24) is 0 Å². The molecule has 7 aliphatic rings. The molecule has 4 nitrogen and oxygen atoms in total. The molecule has 6 fully saturated rings. The highest BCUT2D eigenvalue weighted by molar-refractivity contribution is 5.91. The Morgan fingerprint density at radius 2 is 1.45 bits per heavy atom. The van der Waals surface area contributed by atoms with Gasteiger partial charge in [-0.25, -0.2) is 0 Å². The van der Waals surface area contributed by atoms with Gasteiger partial charge in [0.15, 0.2) is 5.78 Å². The molecule has 0 bridgehead atoms. The monoisotopic (exact) mass is 552 g/mol. The van der Waals surface area contributed by atoms with Gasteiger partial charge in [-0.3, -0.25) is 4.79 Å². The minimum absolute atomic E-state index is 0.0638. The maximum Gasteiger partial charge on any atom is 0.155 e. The number of Topliss-reactive ketones (excluding diaryl/α,β-unsaturated/α-hetero) is 1. The maximum atomic E-state index is 11.6. The van der Waals surface area contributed by atoms with Crippen LogP contribution in [0.2, 0.25) is 0 Å². The highest BCUT2D eigenvalue weighted by Crippen LogP contribution is 2.61. The van der Waals surface area contributed by atoms with E-state index in [2.05, 4.69) is 13.8 Å². The molecule has 0 unspecified atom stereocenters. The van der Waals surface area contributed by atoms with Gasteiger partial charge in [-0.05, 0) is 148 Å². The molecule has 6 saturated carbocycles. The summed E-state index contributed by atoms with van der Waals surface area (Å²) < 4.78 is 0. The number of allylic oxidation sites excluding steroid dienone is 2. The van der Waals surface area contributed by atoms with E-state index < -0.39 is 0 Å². The quantitative estimate of drug-likeness (QED) is 0.381. The lowest BCUT2D eigenvalue weighted by atomic mass is 9.53. The second-order valence-corrected chi connectivity index (χ2v) is 16.1. The molecule has 40 heavy (non-hydrogen) atoms. The fourth-order valence-electron chi connectivity index (χ4n) is 11.7. The van der Waals surface area contributed by atoms with Gasteiger partial charge in [0.2, 0.25) is 0 Å². The van der Waals surface area contributed by atoms with E-state index in [-0.39, 0.29) is 23.0 Å². The van der Waals surface area contributed by atoms with Crippen molar-refractivity contribution in [1.29, 1.82) is 0 Å². The molecule has 4 heteroatoms. The number of ketones is 2. The van der Waals surface area contributed by atoms with Gasteiger partial charge < -0.3 is 15.0 Å². The Labute approximate surface area is 243 Å². The third-order valence-electron chi connectivity index (χ3n) is 14.2. The van der Waals surface area contributed by atoms with Crippen molar-refractivity contribution in [2.75, 3.05) is 0 Å². The van der Waals surface area contributed by atoms with Gasteiger partial charge >= 0.3 is 0 Å². The van der Waals surface area contributed by atoms with Crippen LogP contribution in [-0.4, -0.2) is 34.0 Å². The third kappa shape index (κ3) is 5.20. The number of carbonyl (C=O) groups is 2. The summed E-state index contributed by atoms with van der Waals surface area (Å²) in [6.45, 7) is 6.40. The molecule has 0 aliphatic heterocycles. The largest absolute Gasteiger partial charge is 0.393 e. The second-order valence-electron chi connectivity index (χ2n) is 16.1. The van der Waals surface area contributed by atoms with Crippen molar-refractivity contribution >= 4 is 11.6 Å². The van der Waals surface area contributed by atoms with Gasteiger partial charge in [0, 0.05) is 12.8 Å². The van der Waals surface area contributed by atoms with Crippen molar-refractivity contribution < 1.29 is 19.8 Å². The third-order valence-corrected chi connectivity index (χ3v) is 14.2. The normalized spacial score (nSPS) is 49.3. The minimum atomic E-state index is -0.0710. The summed E-state index contributed by atoms with van der Waals surface area (Å²) >= 11 is 0. The van der Waals surface area contributed by atoms with E-state index >= 15 is 0 Å². The van der Waals surface area contributed by atoms with Gasteiger partial charge in [0.1, 0.15) is 5.78 Å². The smallest absolute Gasteiger partial charge is 0.155 e. The van der Waals surface area contributed by atoms with Crippen LogP contribution in [-0.2, 0) is 9.59 Å². The Balaban J connectivity index is 0.000000145. The first-order chi connectivity index (χ1) is 19.1. The lowest BCUT2D eigenvalue weighted by Crippen LogP contribution is -2.46. The Bertz CT molecular complexity index is 1000. The highest BCUT2D eigenvalue weighted by atomic mass is 16.3. The summed E-state index contributed by atoms with van der Waals surface area (Å²) in [7, 11) is 0. The second kappa shape index (κ2) is 11.3. The number of aliphatic hydroxyl groups is 2. The Morgan fingerprint density at radius 1 is 0.825 bits per heavy atom. The summed E-state index contributed by atoms with van der Waals surface area (Å²) in [5.74, 6) is 6.86. The van der Waals surface area contributed by atoms with Crippen molar-refractivity contribution in [2.45, 2.75) is 142 Å². The van der Waals surface area contributed by atoms with E-state index in [1.54, 1.807) is 6.92 Å². The van der Waals surface area contributed by atoms with Crippen LogP contribution in [0.3, 0.4) is 0 Å². The van der Waals surface area contributed by atoms with Crippen LogP contribution < -0.4 is 0 Å². The molecule has 7 aliphatic carbocycles. The van der Waals surface area contributed by atoms with Gasteiger partial charge in [0.25, 0.3) is 0 Å². The lowest BCUT2D eigenvalue weighted by Gasteiger charge is -2.52. The average Bonchev–Trinajstić information content (AvgIpc) is 3.38. The first-order valence-corrected chi connectivity index (χ1v) is 17.2. The Kier molecular flexibility index (Phi) is 8.18. The average molecular weight is 553 g/mol. The van der Waals surface area contributed by atoms with Crippen LogP contribution in [0.15, 0.2) is 11.6 Å². The highest BCUT2D eigenvalue weighted by Gasteiger charge is 2.55. The molecule has 0 spiro atoms. The van der Waals surface area contributed by atoms with Gasteiger partial charge in [0.05, 0.1) is 12.2 Å². The number of hydrogen-bond acceptors (Lipinski definition) is 4. The number of fused-ring (bicyclic) bond motifs is 6. The zero-order chi connectivity index (χ0) is 28.2. The molecule has 7 rings (SSSR count). The maximum absolute atomic E-state index is 11.6. The molecular weight excluding hydrogens is 496 g/mol. The number of aliphatic hydroxyl groups excluding tert-OH is 2. The summed E-state index contributed by atoms with van der Waals surface area (Å²) in [5.41, 5.74) is 1.85. The summed E-state index contributed by atoms with van der Waals surface area (Å²) in [5, 5.41) is 20.8. The Morgan fingerprint density at radius 3 is 2.10 bits per heavy atom. The molecule has 12 atom stereocenters. The van der Waals surface area contributed by atoms with Gasteiger partial charge in [-0.2, -0.15) is 0 Å². The van der Waals surface area contributed by atoms with E-state index in [1.807, 2.05) is 6.08 Å². The summed E-state index contributed by atoms with van der Waals surface area (Å²) in [6, 6.07) is 0. The van der Waals surface area contributed by atoms with Crippen molar-refractivity contribution in [3.8, 4) is 0 Å². The van der Waals surface area contributed by atoms with Crippen molar-refractivity contribution in [3.05, 3.63) is 11.6 Å². The predicted molar refractivity (Wildman–Crippen MR) is 158 cm³/mol. The fraction of sp³-hybridized carbons (Fsp3) is 0.889. The van der Waals surface area contributed by atoms with Crippen molar-refractivity contribution in [3.63, 3.8) is 0 Å². The topological polar surface area (TPSA) is 74.6 Å². The minimum Gasteiger partial charge on any atom is -0.393 e. The molecule has 2 N–H and O–H groups in total. The lowest BCUT2D eigenvalue weighted by molar-refractivity contribution is -0.118. The van der Waals surface area contributed by atoms with Crippen LogP contribution in [0.4, 0.5) is 0 Å². The molecule has 0 radical (unpaired) electrons. The van der Waals surface area contributed by atoms with E-state index in [4.69, 9.17) is 0 Å². The number of carbonyl (C=O) groups excluding carboxylic acids is 2. The molecule has 0 saturated heterocycles. The van der Waals surface area contributed by atoms with E-state index in [9.17, 15) is 19.8 Å². The van der Waals surface area contributed by atoms with Crippen LogP contribution in [0.5, 0.6) is 0 Å². The standard InChI is InChI=1S/C18H26O2.C18H30O2/c1-18-10-12-3-2-11-8-14(19)5-6-15(11)16(12)9-13(18)4-7-17(18)20;1-12(19)6-7-13-4-3-5-14-11-18(2)15(10-16(13)14)8-9-17(18)20/h8,12-13,15-17,20H,2-7,9-10H2,1H3;13-17,20H,3-11H2,1-2H3/t12-,13+,15-,16-,17+,18+;13-,14+,15-,16-,17-,18-/m01/s1. The zero-order valence-electron chi connectivity index (χ0n) is 25.6. The van der Waals surface area contributed by atoms with Crippen molar-refractivity contribution in [2.24, 2.45) is 58.2 Å². The molecule has 224 valence electrons. The summed E-state index contributed by atoms with van der Waals surface area (Å²) in [4.78, 5) is 22.9. The van der Waals surface area contributed by atoms with Crippen LogP contribution >= 0.6 is 0 Å². The SMILES string of the molecule is CC(=O)CC[C@H]1CCC[C@H]2C[C@]3(C)[C@H](CC[C@H]3O)C[C@H]12.C[C@@]12C[C@@H]3CCC4=CC(=O)CC[C@@H]4[C@H]3C[C@H]1CC[C@H]2O. The molecule has 0 amide bonds. The number of hydrogen-bond donors (Lipinski definition) is 2. The van der Waals surface area contributed by atoms with E-state index in [0.29, 0.717) is 17.5 Å². The van der Waals surface area contributed by atoms with Gasteiger partial charge in [-0.15, -0.1) is 0 Å². The van der Waals surface area contributed by atoms with Crippen LogP contribution in [0.1, 0.15) is 130 Å². The molecule has 0 aromatic heterocycles. The van der Waals surface area contributed by atoms with E-state index in [0.717, 1.165) is 86.4 Å². The number of rotatable bonds is 3. The van der Waals surface area contributed by atoms with E-state index in [1.165, 1.54) is 69.8 Å². The van der Waals surface area contributed by atoms with Crippen LogP contribution in [0, 0.1) is 58.2 Å². The molecular formula is C36H56O4. The Hall–Kier alpha value is -1.00. The fourth-order valence-corrected chi connectivity index (χ4v) is 11.7.